The Kier molecular flexibility index (Phi) is 2.29. The molecular formula is C13H13NO4. The van der Waals surface area contributed by atoms with Gasteiger partial charge < -0.3 is 14.7 Å². The molecule has 18 heavy (non-hydrogen) atoms. The summed E-state index contributed by atoms with van der Waals surface area (Å²) in [7, 11) is 1.70. The van der Waals surface area contributed by atoms with E-state index in [4.69, 9.17) is 9.84 Å². The molecule has 0 radical (unpaired) electrons. The fourth-order valence-electron chi connectivity index (χ4n) is 2.36. The van der Waals surface area contributed by atoms with Crippen molar-refractivity contribution < 1.29 is 19.4 Å². The van der Waals surface area contributed by atoms with Crippen molar-refractivity contribution >= 4 is 17.6 Å². The first-order valence-corrected chi connectivity index (χ1v) is 5.84. The molecule has 5 nitrogen and oxygen atoms in total. The first-order chi connectivity index (χ1) is 8.58. The van der Waals surface area contributed by atoms with Crippen molar-refractivity contribution in [3.8, 4) is 5.75 Å². The van der Waals surface area contributed by atoms with Crippen LogP contribution in [0.25, 0.3) is 0 Å². The Morgan fingerprint density at radius 1 is 1.50 bits per heavy atom. The Morgan fingerprint density at radius 2 is 2.28 bits per heavy atom. The smallest absolute Gasteiger partial charge is 0.307 e. The SMILES string of the molecule is CN1C(=O)COc2ccc(C3CC3C(=O)O)cc21. The van der Waals surface area contributed by atoms with Crippen molar-refractivity contribution in [1.29, 1.82) is 0 Å². The normalized spacial score (nSPS) is 25.4. The van der Waals surface area contributed by atoms with E-state index in [9.17, 15) is 9.59 Å². The molecule has 5 heteroatoms. The molecule has 1 aromatic carbocycles. The van der Waals surface area contributed by atoms with E-state index < -0.39 is 5.97 Å². The number of rotatable bonds is 2. The second-order valence-electron chi connectivity index (χ2n) is 4.76. The Hall–Kier alpha value is -2.04. The number of carboxylic acid groups (broad SMARTS) is 1. The zero-order chi connectivity index (χ0) is 12.9. The Labute approximate surface area is 104 Å². The summed E-state index contributed by atoms with van der Waals surface area (Å²) in [6.45, 7) is 0.0595. The van der Waals surface area contributed by atoms with Crippen molar-refractivity contribution in [2.45, 2.75) is 12.3 Å². The van der Waals surface area contributed by atoms with E-state index in [1.165, 1.54) is 0 Å². The van der Waals surface area contributed by atoms with Crippen LogP contribution in [0.2, 0.25) is 0 Å². The molecule has 2 aliphatic rings. The minimum atomic E-state index is -0.751. The minimum Gasteiger partial charge on any atom is -0.482 e. The molecule has 0 aromatic heterocycles. The van der Waals surface area contributed by atoms with E-state index in [-0.39, 0.29) is 24.3 Å². The van der Waals surface area contributed by atoms with Gasteiger partial charge >= 0.3 is 5.97 Å². The Morgan fingerprint density at radius 3 is 2.94 bits per heavy atom. The Balaban J connectivity index is 1.92. The first kappa shape index (κ1) is 11.1. The number of hydrogen-bond acceptors (Lipinski definition) is 3. The molecule has 1 aliphatic carbocycles. The summed E-state index contributed by atoms with van der Waals surface area (Å²) in [5, 5.41) is 8.93. The number of carbonyl (C=O) groups excluding carboxylic acids is 1. The van der Waals surface area contributed by atoms with Crippen LogP contribution in [-0.4, -0.2) is 30.6 Å². The van der Waals surface area contributed by atoms with Gasteiger partial charge in [0.05, 0.1) is 11.6 Å². The second kappa shape index (κ2) is 3.73. The van der Waals surface area contributed by atoms with Crippen LogP contribution in [0.3, 0.4) is 0 Å². The predicted molar refractivity (Wildman–Crippen MR) is 63.8 cm³/mol. The third-order valence-corrected chi connectivity index (χ3v) is 3.61. The van der Waals surface area contributed by atoms with Gasteiger partial charge in [-0.1, -0.05) is 6.07 Å². The zero-order valence-electron chi connectivity index (χ0n) is 9.92. The average Bonchev–Trinajstić information content (AvgIpc) is 3.14. The van der Waals surface area contributed by atoms with Crippen molar-refractivity contribution in [2.24, 2.45) is 5.92 Å². The van der Waals surface area contributed by atoms with Crippen molar-refractivity contribution in [3.05, 3.63) is 23.8 Å². The van der Waals surface area contributed by atoms with E-state index in [1.807, 2.05) is 18.2 Å². The predicted octanol–water partition coefficient (Wildman–Crippen LogP) is 1.23. The molecule has 0 spiro atoms. The molecule has 1 N–H and O–H groups in total. The number of hydrogen-bond donors (Lipinski definition) is 1. The third-order valence-electron chi connectivity index (χ3n) is 3.61. The molecule has 1 amide bonds. The molecule has 1 aromatic rings. The van der Waals surface area contributed by atoms with Gasteiger partial charge in [0.2, 0.25) is 0 Å². The van der Waals surface area contributed by atoms with E-state index >= 15 is 0 Å². The van der Waals surface area contributed by atoms with Gasteiger partial charge in [0.25, 0.3) is 5.91 Å². The van der Waals surface area contributed by atoms with Crippen molar-refractivity contribution in [1.82, 2.24) is 0 Å². The standard InChI is InChI=1S/C13H13NO4/c1-14-10-4-7(8-5-9(8)13(16)17)2-3-11(10)18-6-12(14)15/h2-4,8-9H,5-6H2,1H3,(H,16,17). The van der Waals surface area contributed by atoms with Gasteiger partial charge in [-0.05, 0) is 30.0 Å². The highest BCUT2D eigenvalue weighted by atomic mass is 16.5. The number of nitrogens with zero attached hydrogens (tertiary/aromatic N) is 1. The molecule has 3 rings (SSSR count). The number of anilines is 1. The molecule has 1 saturated carbocycles. The highest BCUT2D eigenvalue weighted by Gasteiger charge is 2.44. The van der Waals surface area contributed by atoms with E-state index in [2.05, 4.69) is 0 Å². The molecule has 1 aliphatic heterocycles. The summed E-state index contributed by atoms with van der Waals surface area (Å²) in [5.41, 5.74) is 1.69. The lowest BCUT2D eigenvalue weighted by Crippen LogP contribution is -2.35. The van der Waals surface area contributed by atoms with Gasteiger partial charge in [0.1, 0.15) is 5.75 Å². The number of aliphatic carboxylic acids is 1. The molecular weight excluding hydrogens is 234 g/mol. The Bertz CT molecular complexity index is 540. The zero-order valence-corrected chi connectivity index (χ0v) is 9.92. The monoisotopic (exact) mass is 247 g/mol. The summed E-state index contributed by atoms with van der Waals surface area (Å²) in [4.78, 5) is 24.0. The molecule has 0 saturated heterocycles. The third kappa shape index (κ3) is 1.63. The summed E-state index contributed by atoms with van der Waals surface area (Å²) in [6, 6.07) is 5.56. The summed E-state index contributed by atoms with van der Waals surface area (Å²) in [5.74, 6) is -0.385. The second-order valence-corrected chi connectivity index (χ2v) is 4.76. The van der Waals surface area contributed by atoms with Gasteiger partial charge in [-0.2, -0.15) is 0 Å². The molecule has 1 fully saturated rings. The molecule has 1 heterocycles. The van der Waals surface area contributed by atoms with Gasteiger partial charge in [0, 0.05) is 7.05 Å². The number of likely N-dealkylation sites (N-methyl/N-ethyl adjacent to an activating group) is 1. The number of amides is 1. The maximum absolute atomic E-state index is 11.5. The fraction of sp³-hybridized carbons (Fsp3) is 0.385. The van der Waals surface area contributed by atoms with Crippen LogP contribution in [-0.2, 0) is 9.59 Å². The van der Waals surface area contributed by atoms with Crippen LogP contribution in [0.5, 0.6) is 5.75 Å². The maximum Gasteiger partial charge on any atom is 0.307 e. The fourth-order valence-corrected chi connectivity index (χ4v) is 2.36. The quantitative estimate of drug-likeness (QED) is 0.853. The lowest BCUT2D eigenvalue weighted by Gasteiger charge is -2.26. The van der Waals surface area contributed by atoms with Gasteiger partial charge in [0.15, 0.2) is 6.61 Å². The molecule has 94 valence electrons. The van der Waals surface area contributed by atoms with Gasteiger partial charge in [-0.3, -0.25) is 9.59 Å². The van der Waals surface area contributed by atoms with Gasteiger partial charge in [-0.25, -0.2) is 0 Å². The maximum atomic E-state index is 11.5. The first-order valence-electron chi connectivity index (χ1n) is 5.84. The lowest BCUT2D eigenvalue weighted by molar-refractivity contribution is -0.138. The molecule has 2 unspecified atom stereocenters. The van der Waals surface area contributed by atoms with Crippen LogP contribution in [0, 0.1) is 5.92 Å². The number of ether oxygens (including phenoxy) is 1. The topological polar surface area (TPSA) is 66.8 Å². The van der Waals surface area contributed by atoms with Gasteiger partial charge in [-0.15, -0.1) is 0 Å². The van der Waals surface area contributed by atoms with Crippen LogP contribution in [0.4, 0.5) is 5.69 Å². The summed E-state index contributed by atoms with van der Waals surface area (Å²) in [6.07, 6.45) is 0.673. The molecule has 2 atom stereocenters. The minimum absolute atomic E-state index is 0.0595. The largest absolute Gasteiger partial charge is 0.482 e. The van der Waals surface area contributed by atoms with E-state index in [0.29, 0.717) is 12.2 Å². The van der Waals surface area contributed by atoms with E-state index in [0.717, 1.165) is 11.3 Å². The van der Waals surface area contributed by atoms with Crippen LogP contribution in [0.15, 0.2) is 18.2 Å². The highest BCUT2D eigenvalue weighted by Crippen LogP contribution is 2.49. The van der Waals surface area contributed by atoms with E-state index in [1.54, 1.807) is 11.9 Å². The number of carboxylic acids is 1. The van der Waals surface area contributed by atoms with Crippen molar-refractivity contribution in [3.63, 3.8) is 0 Å². The number of benzene rings is 1. The average molecular weight is 247 g/mol. The number of fused-ring (bicyclic) bond motifs is 1. The van der Waals surface area contributed by atoms with Crippen LogP contribution in [0.1, 0.15) is 17.9 Å². The van der Waals surface area contributed by atoms with Crippen LogP contribution >= 0.6 is 0 Å². The van der Waals surface area contributed by atoms with Crippen LogP contribution < -0.4 is 9.64 Å². The molecule has 0 bridgehead atoms. The summed E-state index contributed by atoms with van der Waals surface area (Å²) >= 11 is 0. The summed E-state index contributed by atoms with van der Waals surface area (Å²) < 4.78 is 5.33. The lowest BCUT2D eigenvalue weighted by atomic mass is 10.1. The van der Waals surface area contributed by atoms with Crippen molar-refractivity contribution in [2.75, 3.05) is 18.6 Å². The highest BCUT2D eigenvalue weighted by molar-refractivity contribution is 5.97. The number of carbonyl (C=O) groups is 2.